The Kier molecular flexibility index (Phi) is 4.94. The molecule has 0 atom stereocenters. The van der Waals surface area contributed by atoms with Gasteiger partial charge in [0.15, 0.2) is 0 Å². The number of aromatic nitrogens is 4. The second kappa shape index (κ2) is 7.91. The van der Waals surface area contributed by atoms with E-state index in [1.54, 1.807) is 6.20 Å². The first-order valence-corrected chi connectivity index (χ1v) is 10.7. The van der Waals surface area contributed by atoms with Crippen molar-refractivity contribution in [3.8, 4) is 5.69 Å². The summed E-state index contributed by atoms with van der Waals surface area (Å²) in [5.74, 6) is 0.972. The summed E-state index contributed by atoms with van der Waals surface area (Å²) in [6, 6.07) is 14.0. The SMILES string of the molecule is Cc1cc(C(=O)N2CCCN(c3nc4ccccc4[nH]3)CC2)c(C)n1-c1cccnc1. The van der Waals surface area contributed by atoms with Gasteiger partial charge in [-0.05, 0) is 50.6 Å². The van der Waals surface area contributed by atoms with E-state index in [2.05, 4.69) is 19.4 Å². The number of aromatic amines is 1. The molecule has 3 aromatic heterocycles. The zero-order valence-corrected chi connectivity index (χ0v) is 17.9. The standard InChI is InChI=1S/C24H26N6O/c1-17-15-20(18(2)30(17)19-7-5-10-25-16-19)23(31)28-11-6-12-29(14-13-28)24-26-21-8-3-4-9-22(21)27-24/h3-5,7-10,15-16H,6,11-14H2,1-2H3,(H,26,27). The number of anilines is 1. The van der Waals surface area contributed by atoms with Crippen LogP contribution in [0.15, 0.2) is 54.9 Å². The molecule has 158 valence electrons. The van der Waals surface area contributed by atoms with Crippen LogP contribution < -0.4 is 4.90 Å². The number of hydrogen-bond acceptors (Lipinski definition) is 4. The zero-order valence-electron chi connectivity index (χ0n) is 17.9. The Morgan fingerprint density at radius 2 is 1.90 bits per heavy atom. The third-order valence-electron chi connectivity index (χ3n) is 6.03. The predicted octanol–water partition coefficient (Wildman–Crippen LogP) is 3.72. The molecule has 1 aliphatic heterocycles. The van der Waals surface area contributed by atoms with E-state index in [1.807, 2.05) is 67.4 Å². The second-order valence-electron chi connectivity index (χ2n) is 8.04. The predicted molar refractivity (Wildman–Crippen MR) is 122 cm³/mol. The minimum absolute atomic E-state index is 0.0923. The second-order valence-corrected chi connectivity index (χ2v) is 8.04. The topological polar surface area (TPSA) is 70.1 Å². The van der Waals surface area contributed by atoms with Crippen molar-refractivity contribution < 1.29 is 4.79 Å². The monoisotopic (exact) mass is 414 g/mol. The number of fused-ring (bicyclic) bond motifs is 1. The minimum atomic E-state index is 0.0923. The molecule has 4 heterocycles. The van der Waals surface area contributed by atoms with Crippen LogP contribution in [-0.2, 0) is 0 Å². The lowest BCUT2D eigenvalue weighted by molar-refractivity contribution is 0.0766. The Labute approximate surface area is 181 Å². The fraction of sp³-hybridized carbons (Fsp3) is 0.292. The summed E-state index contributed by atoms with van der Waals surface area (Å²) in [6.07, 6.45) is 4.49. The van der Waals surface area contributed by atoms with Crippen LogP contribution in [0.25, 0.3) is 16.7 Å². The molecule has 4 aromatic rings. The van der Waals surface area contributed by atoms with Gasteiger partial charge < -0.3 is 19.4 Å². The molecule has 7 heteroatoms. The van der Waals surface area contributed by atoms with E-state index >= 15 is 0 Å². The molecule has 1 aromatic carbocycles. The van der Waals surface area contributed by atoms with Crippen LogP contribution in [0.4, 0.5) is 5.95 Å². The van der Waals surface area contributed by atoms with E-state index < -0.39 is 0 Å². The summed E-state index contributed by atoms with van der Waals surface area (Å²) in [4.78, 5) is 30.0. The molecular weight excluding hydrogens is 388 g/mol. The van der Waals surface area contributed by atoms with Gasteiger partial charge in [0.05, 0.1) is 28.5 Å². The number of hydrogen-bond donors (Lipinski definition) is 1. The molecular formula is C24H26N6O. The molecule has 1 amide bonds. The molecule has 1 N–H and O–H groups in total. The molecule has 1 aliphatic rings. The number of imidazole rings is 1. The van der Waals surface area contributed by atoms with Crippen LogP contribution in [0.5, 0.6) is 0 Å². The number of H-pyrrole nitrogens is 1. The number of nitrogens with one attached hydrogen (secondary N) is 1. The zero-order chi connectivity index (χ0) is 21.4. The highest BCUT2D eigenvalue weighted by Gasteiger charge is 2.25. The van der Waals surface area contributed by atoms with Crippen molar-refractivity contribution in [2.75, 3.05) is 31.1 Å². The lowest BCUT2D eigenvalue weighted by Crippen LogP contribution is -2.35. The maximum absolute atomic E-state index is 13.4. The third-order valence-corrected chi connectivity index (χ3v) is 6.03. The summed E-state index contributed by atoms with van der Waals surface area (Å²) in [5.41, 5.74) is 5.73. The van der Waals surface area contributed by atoms with E-state index in [0.29, 0.717) is 6.54 Å². The van der Waals surface area contributed by atoms with Crippen LogP contribution in [0.1, 0.15) is 28.2 Å². The smallest absolute Gasteiger partial charge is 0.255 e. The minimum Gasteiger partial charge on any atom is -0.341 e. The first kappa shape index (κ1) is 19.4. The van der Waals surface area contributed by atoms with E-state index in [-0.39, 0.29) is 5.91 Å². The van der Waals surface area contributed by atoms with Gasteiger partial charge in [0.2, 0.25) is 5.95 Å². The summed E-state index contributed by atoms with van der Waals surface area (Å²) in [6.45, 7) is 7.08. The number of aryl methyl sites for hydroxylation is 1. The first-order valence-electron chi connectivity index (χ1n) is 10.7. The van der Waals surface area contributed by atoms with Crippen LogP contribution >= 0.6 is 0 Å². The van der Waals surface area contributed by atoms with Gasteiger partial charge in [-0.25, -0.2) is 4.98 Å². The van der Waals surface area contributed by atoms with Crippen molar-refractivity contribution in [3.05, 3.63) is 71.8 Å². The van der Waals surface area contributed by atoms with Crippen molar-refractivity contribution in [1.29, 1.82) is 0 Å². The van der Waals surface area contributed by atoms with Crippen LogP contribution in [0.2, 0.25) is 0 Å². The lowest BCUT2D eigenvalue weighted by atomic mass is 10.2. The van der Waals surface area contributed by atoms with Crippen molar-refractivity contribution >= 4 is 22.9 Å². The number of para-hydroxylation sites is 2. The number of carbonyl (C=O) groups is 1. The molecule has 31 heavy (non-hydrogen) atoms. The highest BCUT2D eigenvalue weighted by molar-refractivity contribution is 5.96. The fourth-order valence-electron chi connectivity index (χ4n) is 4.45. The number of benzene rings is 1. The number of carbonyl (C=O) groups excluding carboxylic acids is 1. The highest BCUT2D eigenvalue weighted by Crippen LogP contribution is 2.23. The quantitative estimate of drug-likeness (QED) is 0.555. The summed E-state index contributed by atoms with van der Waals surface area (Å²) < 4.78 is 2.10. The number of rotatable bonds is 3. The Bertz CT molecular complexity index is 1190. The summed E-state index contributed by atoms with van der Waals surface area (Å²) in [7, 11) is 0. The van der Waals surface area contributed by atoms with Crippen LogP contribution in [0, 0.1) is 13.8 Å². The van der Waals surface area contributed by atoms with Gasteiger partial charge in [0.25, 0.3) is 5.91 Å². The number of amides is 1. The fourth-order valence-corrected chi connectivity index (χ4v) is 4.45. The molecule has 1 fully saturated rings. The van der Waals surface area contributed by atoms with E-state index in [9.17, 15) is 4.79 Å². The van der Waals surface area contributed by atoms with Gasteiger partial charge in [-0.1, -0.05) is 12.1 Å². The first-order chi connectivity index (χ1) is 15.1. The molecule has 0 bridgehead atoms. The Hall–Kier alpha value is -3.61. The molecule has 5 rings (SSSR count). The largest absolute Gasteiger partial charge is 0.341 e. The molecule has 0 radical (unpaired) electrons. The number of nitrogens with zero attached hydrogens (tertiary/aromatic N) is 5. The van der Waals surface area contributed by atoms with Crippen molar-refractivity contribution in [1.82, 2.24) is 24.4 Å². The molecule has 0 spiro atoms. The van der Waals surface area contributed by atoms with Gasteiger partial charge in [-0.2, -0.15) is 0 Å². The van der Waals surface area contributed by atoms with E-state index in [4.69, 9.17) is 4.98 Å². The summed E-state index contributed by atoms with van der Waals surface area (Å²) >= 11 is 0. The Morgan fingerprint density at radius 1 is 1.03 bits per heavy atom. The molecule has 0 unspecified atom stereocenters. The van der Waals surface area contributed by atoms with Crippen molar-refractivity contribution in [2.45, 2.75) is 20.3 Å². The van der Waals surface area contributed by atoms with Gasteiger partial charge >= 0.3 is 0 Å². The van der Waals surface area contributed by atoms with Crippen molar-refractivity contribution in [3.63, 3.8) is 0 Å². The molecule has 1 saturated heterocycles. The highest BCUT2D eigenvalue weighted by atomic mass is 16.2. The Morgan fingerprint density at radius 3 is 2.71 bits per heavy atom. The lowest BCUT2D eigenvalue weighted by Gasteiger charge is -2.22. The average molecular weight is 415 g/mol. The van der Waals surface area contributed by atoms with Gasteiger partial charge in [-0.15, -0.1) is 0 Å². The molecule has 0 aliphatic carbocycles. The average Bonchev–Trinajstić information content (AvgIpc) is 3.24. The normalized spacial score (nSPS) is 14.8. The maximum atomic E-state index is 13.4. The Balaban J connectivity index is 1.35. The van der Waals surface area contributed by atoms with Gasteiger partial charge in [0, 0.05) is 43.8 Å². The van der Waals surface area contributed by atoms with Crippen LogP contribution in [0.3, 0.4) is 0 Å². The maximum Gasteiger partial charge on any atom is 0.255 e. The summed E-state index contributed by atoms with van der Waals surface area (Å²) in [5, 5.41) is 0. The van der Waals surface area contributed by atoms with E-state index in [0.717, 1.165) is 65.7 Å². The van der Waals surface area contributed by atoms with Crippen LogP contribution in [-0.4, -0.2) is 56.5 Å². The number of pyridine rings is 1. The van der Waals surface area contributed by atoms with Gasteiger partial charge in [0.1, 0.15) is 0 Å². The van der Waals surface area contributed by atoms with Crippen molar-refractivity contribution in [2.24, 2.45) is 0 Å². The molecule has 0 saturated carbocycles. The van der Waals surface area contributed by atoms with Gasteiger partial charge in [-0.3, -0.25) is 9.78 Å². The van der Waals surface area contributed by atoms with E-state index in [1.165, 1.54) is 0 Å². The third kappa shape index (κ3) is 3.56. The molecule has 7 nitrogen and oxygen atoms in total.